The van der Waals surface area contributed by atoms with Gasteiger partial charge in [0.1, 0.15) is 43.4 Å². The number of unbranched alkanes of at least 4 members (excludes halogenated alkanes) is 3. The summed E-state index contributed by atoms with van der Waals surface area (Å²) in [4.78, 5) is 79.9. The molecule has 0 spiro atoms. The second-order valence-corrected chi connectivity index (χ2v) is 24.8. The van der Waals surface area contributed by atoms with Gasteiger partial charge in [0.15, 0.2) is 29.6 Å². The second-order valence-electron chi connectivity index (χ2n) is 24.4. The maximum Gasteiger partial charge on any atom is 0.329 e. The number of nitrogens with one attached hydrogen (secondary N) is 4. The fourth-order valence-corrected chi connectivity index (χ4v) is 11.1. The predicted octanol–water partition coefficient (Wildman–Crippen LogP) is 5.14. The number of carbonyl (C=O) groups excluding carboxylic acids is 6. The monoisotopic (exact) mass is 1550 g/mol. The number of likely N-dealkylation sites (tertiary alicyclic amines) is 1. The third-order valence-electron chi connectivity index (χ3n) is 16.6. The summed E-state index contributed by atoms with van der Waals surface area (Å²) in [5.41, 5.74) is 2.82. The zero-order valence-corrected chi connectivity index (χ0v) is 64.5. The van der Waals surface area contributed by atoms with Gasteiger partial charge in [0.05, 0.1) is 180 Å². The van der Waals surface area contributed by atoms with Crippen molar-refractivity contribution in [2.45, 2.75) is 102 Å². The normalized spacial score (nSPS) is 13.3. The molecule has 4 aromatic rings. The zero-order chi connectivity index (χ0) is 77.5. The third-order valence-corrected chi connectivity index (χ3v) is 16.8. The second kappa shape index (κ2) is 57.4. The predicted molar refractivity (Wildman–Crippen MR) is 396 cm³/mol. The van der Waals surface area contributed by atoms with Gasteiger partial charge in [0.25, 0.3) is 5.91 Å². The highest BCUT2D eigenvalue weighted by Gasteiger charge is 2.38. The first-order valence-electron chi connectivity index (χ1n) is 37.0. The lowest BCUT2D eigenvalue weighted by Gasteiger charge is -2.37. The van der Waals surface area contributed by atoms with E-state index in [9.17, 15) is 28.8 Å². The van der Waals surface area contributed by atoms with Crippen molar-refractivity contribution in [2.75, 3.05) is 220 Å². The summed E-state index contributed by atoms with van der Waals surface area (Å²) >= 11 is 5.67. The first-order chi connectivity index (χ1) is 52.8. The van der Waals surface area contributed by atoms with Crippen LogP contribution >= 0.6 is 11.6 Å². The molecule has 1 aliphatic heterocycles. The van der Waals surface area contributed by atoms with Gasteiger partial charge in [0, 0.05) is 38.7 Å². The molecule has 3 atom stereocenters. The Morgan fingerprint density at radius 1 is 0.519 bits per heavy atom. The molecule has 5 amide bonds. The summed E-state index contributed by atoms with van der Waals surface area (Å²) in [6, 6.07) is 15.4. The van der Waals surface area contributed by atoms with E-state index in [0.29, 0.717) is 169 Å². The van der Waals surface area contributed by atoms with Crippen LogP contribution in [-0.2, 0) is 105 Å². The lowest BCUT2D eigenvalue weighted by Crippen LogP contribution is -2.50. The molecular formula is C75H115ClN8O24. The van der Waals surface area contributed by atoms with Crippen molar-refractivity contribution < 1.29 is 114 Å². The number of rotatable bonds is 64. The number of methoxy groups -OCH3 is 5. The van der Waals surface area contributed by atoms with Crippen LogP contribution in [0, 0.1) is 0 Å². The topological polar surface area (TPSA) is 351 Å². The lowest BCUT2D eigenvalue weighted by molar-refractivity contribution is -0.162. The first-order valence-corrected chi connectivity index (χ1v) is 37.5. The maximum atomic E-state index is 14.6. The maximum absolute atomic E-state index is 14.6. The van der Waals surface area contributed by atoms with Crippen LogP contribution in [0.1, 0.15) is 99.1 Å². The Hall–Kier alpha value is -7.73. The van der Waals surface area contributed by atoms with Crippen molar-refractivity contribution >= 4 is 47.1 Å². The number of halogens is 1. The van der Waals surface area contributed by atoms with E-state index >= 15 is 0 Å². The SMILES string of the molecule is CC[C@H](C(=O)N1CCCCC1C(=O)O[C@H](CCc1ccc(OC)c(OC)c1)c1cccc(OCC(=O)NCCOCCOCCOCC(=O)NCCOCCOCCOCC(=O)NCc2cn(CCOCCOCCOCC(=O)NCCOCCOCCCCCCCl)nn2)c1)c1cc(OC)c(OC)c(OC)c1. The van der Waals surface area contributed by atoms with Gasteiger partial charge in [-0.25, -0.2) is 9.48 Å². The molecule has 1 saturated heterocycles. The Morgan fingerprint density at radius 2 is 1.04 bits per heavy atom. The molecule has 1 aliphatic rings. The summed E-state index contributed by atoms with van der Waals surface area (Å²) < 4.78 is 102. The molecule has 1 aromatic heterocycles. The van der Waals surface area contributed by atoms with Gasteiger partial charge in [-0.3, -0.25) is 24.0 Å². The van der Waals surface area contributed by atoms with Crippen LogP contribution in [-0.4, -0.2) is 281 Å². The summed E-state index contributed by atoms with van der Waals surface area (Å²) in [5, 5.41) is 19.1. The van der Waals surface area contributed by atoms with Crippen molar-refractivity contribution in [3.8, 4) is 34.5 Å². The van der Waals surface area contributed by atoms with Gasteiger partial charge in [-0.15, -0.1) is 16.7 Å². The van der Waals surface area contributed by atoms with Crippen molar-refractivity contribution in [1.82, 2.24) is 41.2 Å². The van der Waals surface area contributed by atoms with E-state index in [1.165, 1.54) is 21.3 Å². The highest BCUT2D eigenvalue weighted by atomic mass is 35.5. The fourth-order valence-electron chi connectivity index (χ4n) is 11.0. The Kier molecular flexibility index (Phi) is 48.3. The Balaban J connectivity index is 0.824. The van der Waals surface area contributed by atoms with Crippen molar-refractivity contribution in [2.24, 2.45) is 0 Å². The minimum atomic E-state index is -0.831. The number of benzene rings is 3. The number of esters is 1. The highest BCUT2D eigenvalue weighted by Crippen LogP contribution is 2.42. The molecule has 33 heteroatoms. The molecule has 32 nitrogen and oxygen atoms in total. The van der Waals surface area contributed by atoms with Gasteiger partial charge in [-0.05, 0) is 104 Å². The molecule has 2 heterocycles. The lowest BCUT2D eigenvalue weighted by atomic mass is 9.91. The standard InChI is InChI=1S/C75H115ClN8O24/c1-7-62(59-49-67(93-4)73(95-6)68(50-59)94-5)74(89)84-26-12-10-17-63(84)75(90)108-64(20-18-57-19-21-65(91-2)66(47-57)92-3)58-15-14-16-61(48-58)107-56-72(88)79-25-31-99-36-39-101-41-44-104-53-70(86)78-24-30-98-35-38-102-43-46-106-55-71(87)80-51-60-52-83(82-81-60)27-32-100-37-40-103-42-45-105-54-69(85)77-23-29-97-34-33-96-28-13-9-8-11-22-76/h14-16,19,21,47-50,52,62-64H,7-13,17-18,20,22-46,51,53-56H2,1-6H3,(H,77,85)(H,78,86)(H,79,88)(H,80,87)/t62-,63?,64+/m0/s1. The number of alkyl halides is 1. The van der Waals surface area contributed by atoms with E-state index in [0.717, 1.165) is 44.1 Å². The van der Waals surface area contributed by atoms with Crippen LogP contribution in [0.25, 0.3) is 0 Å². The molecule has 606 valence electrons. The number of carbonyl (C=O) groups is 6. The number of aromatic nitrogens is 3. The number of hydrogen-bond acceptors (Lipinski definition) is 26. The van der Waals surface area contributed by atoms with E-state index in [1.54, 1.807) is 60.3 Å². The van der Waals surface area contributed by atoms with Gasteiger partial charge in [-0.2, -0.15) is 0 Å². The number of amides is 5. The summed E-state index contributed by atoms with van der Waals surface area (Å²) in [6.07, 6.45) is 8.45. The Bertz CT molecular complexity index is 3130. The zero-order valence-electron chi connectivity index (χ0n) is 63.8. The molecule has 108 heavy (non-hydrogen) atoms. The molecular weight excluding hydrogens is 1430 g/mol. The molecule has 1 fully saturated rings. The van der Waals surface area contributed by atoms with Crippen LogP contribution in [0.2, 0.25) is 0 Å². The van der Waals surface area contributed by atoms with Gasteiger partial charge in [-0.1, -0.05) is 43.2 Å². The summed E-state index contributed by atoms with van der Waals surface area (Å²) in [7, 11) is 7.69. The summed E-state index contributed by atoms with van der Waals surface area (Å²) in [5.74, 6) is 0.952. The fraction of sp³-hybridized carbons (Fsp3) is 0.653. The average Bonchev–Trinajstić information content (AvgIpc) is 0.799. The molecule has 1 unspecified atom stereocenters. The quantitative estimate of drug-likeness (QED) is 0.0252. The van der Waals surface area contributed by atoms with Crippen molar-refractivity contribution in [3.05, 3.63) is 83.2 Å². The van der Waals surface area contributed by atoms with E-state index in [-0.39, 0.29) is 135 Å². The number of ether oxygens (including phenoxy) is 18. The summed E-state index contributed by atoms with van der Waals surface area (Å²) in [6.45, 7) is 9.59. The average molecular weight is 1550 g/mol. The highest BCUT2D eigenvalue weighted by molar-refractivity contribution is 6.17. The van der Waals surface area contributed by atoms with E-state index < -0.39 is 24.0 Å². The van der Waals surface area contributed by atoms with E-state index in [4.69, 9.17) is 96.9 Å². The molecule has 0 aliphatic carbocycles. The molecule has 4 N–H and O–H groups in total. The molecule has 3 aromatic carbocycles. The minimum Gasteiger partial charge on any atom is -0.493 e. The van der Waals surface area contributed by atoms with Gasteiger partial charge in [0.2, 0.25) is 29.4 Å². The van der Waals surface area contributed by atoms with Gasteiger partial charge < -0.3 is 111 Å². The van der Waals surface area contributed by atoms with Crippen molar-refractivity contribution in [1.29, 1.82) is 0 Å². The number of piperidine rings is 1. The number of hydrogen-bond donors (Lipinski definition) is 4. The third kappa shape index (κ3) is 37.6. The van der Waals surface area contributed by atoms with Crippen LogP contribution in [0.5, 0.6) is 34.5 Å². The number of nitrogens with zero attached hydrogens (tertiary/aromatic N) is 4. The van der Waals surface area contributed by atoms with Crippen LogP contribution in [0.3, 0.4) is 0 Å². The minimum absolute atomic E-state index is 0.0629. The molecule has 0 saturated carbocycles. The smallest absolute Gasteiger partial charge is 0.329 e. The number of aryl methyl sites for hydroxylation is 1. The van der Waals surface area contributed by atoms with Crippen LogP contribution < -0.4 is 49.7 Å². The van der Waals surface area contributed by atoms with Crippen LogP contribution in [0.4, 0.5) is 0 Å². The van der Waals surface area contributed by atoms with Crippen molar-refractivity contribution in [3.63, 3.8) is 0 Å². The Labute approximate surface area is 639 Å². The molecule has 5 rings (SSSR count). The van der Waals surface area contributed by atoms with Crippen LogP contribution in [0.15, 0.2) is 60.8 Å². The first kappa shape index (κ1) is 90.9. The molecule has 0 radical (unpaired) electrons. The van der Waals surface area contributed by atoms with E-state index in [1.807, 2.05) is 31.2 Å². The Morgan fingerprint density at radius 3 is 1.58 bits per heavy atom. The van der Waals surface area contributed by atoms with E-state index in [2.05, 4.69) is 31.6 Å². The van der Waals surface area contributed by atoms with Gasteiger partial charge >= 0.3 is 5.97 Å². The largest absolute Gasteiger partial charge is 0.493 e. The molecule has 0 bridgehead atoms.